The van der Waals surface area contributed by atoms with Gasteiger partial charge in [-0.15, -0.1) is 0 Å². The summed E-state index contributed by atoms with van der Waals surface area (Å²) in [6.45, 7) is 5.22. The summed E-state index contributed by atoms with van der Waals surface area (Å²) < 4.78 is 13.6. The van der Waals surface area contributed by atoms with Crippen LogP contribution in [0.3, 0.4) is 0 Å². The van der Waals surface area contributed by atoms with Gasteiger partial charge in [-0.1, -0.05) is 118 Å². The van der Waals surface area contributed by atoms with Crippen LogP contribution in [0.1, 0.15) is 47.8 Å². The van der Waals surface area contributed by atoms with Gasteiger partial charge >= 0.3 is 0 Å². The fraction of sp³-hybridized carbons (Fsp3) is 0.120. The Balaban J connectivity index is 1.41. The maximum absolute atomic E-state index is 5.84. The van der Waals surface area contributed by atoms with Crippen molar-refractivity contribution >= 4 is 91.6 Å². The van der Waals surface area contributed by atoms with Gasteiger partial charge in [0.15, 0.2) is 0 Å². The minimum absolute atomic E-state index is 0.607. The fourth-order valence-corrected chi connectivity index (χ4v) is 8.73. The number of hydrogen-bond acceptors (Lipinski definition) is 4. The van der Waals surface area contributed by atoms with Gasteiger partial charge in [0.05, 0.1) is 36.0 Å². The molecule has 4 aromatic carbocycles. The summed E-state index contributed by atoms with van der Waals surface area (Å²) in [6, 6.07) is 42.9. The second kappa shape index (κ2) is 16.8. The molecule has 0 fully saturated rings. The van der Waals surface area contributed by atoms with E-state index in [-0.39, 0.29) is 0 Å². The molecule has 0 atom stereocenters. The van der Waals surface area contributed by atoms with Crippen molar-refractivity contribution in [3.63, 3.8) is 0 Å². The molecule has 0 saturated carbocycles. The van der Waals surface area contributed by atoms with E-state index >= 15 is 0 Å². The first-order valence-electron chi connectivity index (χ1n) is 19.5. The van der Waals surface area contributed by atoms with E-state index in [1.807, 2.05) is 38.1 Å². The van der Waals surface area contributed by atoms with E-state index in [4.69, 9.17) is 19.4 Å². The van der Waals surface area contributed by atoms with Gasteiger partial charge in [-0.25, -0.2) is 9.97 Å². The third kappa shape index (κ3) is 7.51. The Morgan fingerprint density at radius 1 is 0.397 bits per heavy atom. The normalized spacial score (nSPS) is 11.9. The Hall–Kier alpha value is -5.46. The average molecular weight is 983 g/mol. The van der Waals surface area contributed by atoms with E-state index in [2.05, 4.69) is 177 Å². The van der Waals surface area contributed by atoms with Crippen LogP contribution in [-0.4, -0.2) is 33.1 Å². The van der Waals surface area contributed by atoms with Gasteiger partial charge in [0.2, 0.25) is 0 Å². The van der Waals surface area contributed by atoms with E-state index in [1.54, 1.807) is 0 Å². The highest BCUT2D eigenvalue weighted by molar-refractivity contribution is 14.1. The first-order valence-corrected chi connectivity index (χ1v) is 22.5. The third-order valence-electron chi connectivity index (χ3n) is 10.5. The van der Waals surface area contributed by atoms with Gasteiger partial charge in [-0.3, -0.25) is 0 Å². The first-order chi connectivity index (χ1) is 28.5. The predicted molar refractivity (Wildman–Crippen MR) is 258 cm³/mol. The van der Waals surface area contributed by atoms with E-state index in [9.17, 15) is 0 Å². The lowest BCUT2D eigenvalue weighted by molar-refractivity contribution is 0.340. The topological polar surface area (TPSA) is 75.8 Å². The van der Waals surface area contributed by atoms with Crippen LogP contribution in [-0.2, 0) is 8.86 Å². The Bertz CT molecular complexity index is 2660. The number of nitrogens with zero attached hydrogens (tertiary/aromatic N) is 2. The summed E-state index contributed by atoms with van der Waals surface area (Å²) in [5, 5.41) is 0. The van der Waals surface area contributed by atoms with Crippen LogP contribution in [0, 0.1) is 0 Å². The van der Waals surface area contributed by atoms with Gasteiger partial charge < -0.3 is 19.4 Å². The van der Waals surface area contributed by atoms with Crippen LogP contribution < -0.4 is 9.47 Å². The van der Waals surface area contributed by atoms with Crippen molar-refractivity contribution in [2.45, 2.75) is 22.7 Å². The van der Waals surface area contributed by atoms with Crippen LogP contribution in [0.25, 0.3) is 90.9 Å². The highest BCUT2D eigenvalue weighted by atomic mass is 127. The smallest absolute Gasteiger partial charge is 0.119 e. The van der Waals surface area contributed by atoms with Crippen molar-refractivity contribution in [3.05, 3.63) is 155 Å². The van der Waals surface area contributed by atoms with Crippen LogP contribution in [0.15, 0.2) is 121 Å². The van der Waals surface area contributed by atoms with Crippen molar-refractivity contribution in [1.29, 1.82) is 0 Å². The average Bonchev–Trinajstić information content (AvgIpc) is 4.11. The largest absolute Gasteiger partial charge is 0.494 e. The lowest BCUT2D eigenvalue weighted by Crippen LogP contribution is -1.92. The maximum atomic E-state index is 5.84. The molecule has 286 valence electrons. The predicted octanol–water partition coefficient (Wildman–Crippen LogP) is 14.0. The number of nitrogens with one attached hydrogen (secondary N) is 2. The molecule has 9 rings (SSSR count). The second-order valence-electron chi connectivity index (χ2n) is 14.1. The molecule has 7 aromatic rings. The Morgan fingerprint density at radius 3 is 0.931 bits per heavy atom. The SMILES string of the molecule is CCOc1ccc(-c2c3nc(c(-c4ccc(CI)cc4)c4ccc([nH]4)c(-c4ccc(OCC)cc4)c4nc(c(-c5ccc(CI)cc5)c5ccc2[nH]5)C=C4)C=C3)cc1. The molecule has 3 aromatic heterocycles. The van der Waals surface area contributed by atoms with Crippen LogP contribution in [0.4, 0.5) is 0 Å². The number of benzene rings is 4. The van der Waals surface area contributed by atoms with Crippen molar-refractivity contribution in [3.8, 4) is 56.0 Å². The summed E-state index contributed by atoms with van der Waals surface area (Å²) in [4.78, 5) is 18.6. The number of H-pyrrole nitrogens is 2. The molecule has 0 radical (unpaired) electrons. The molecule has 6 nitrogen and oxygen atoms in total. The van der Waals surface area contributed by atoms with Crippen LogP contribution in [0.2, 0.25) is 0 Å². The lowest BCUT2D eigenvalue weighted by Gasteiger charge is -2.08. The molecule has 0 saturated heterocycles. The van der Waals surface area contributed by atoms with Crippen molar-refractivity contribution < 1.29 is 9.47 Å². The number of aromatic nitrogens is 4. The minimum atomic E-state index is 0.607. The maximum Gasteiger partial charge on any atom is 0.119 e. The van der Waals surface area contributed by atoms with E-state index in [1.165, 1.54) is 11.1 Å². The molecule has 0 spiro atoms. The Labute approximate surface area is 365 Å². The summed E-state index contributed by atoms with van der Waals surface area (Å²) in [5.74, 6) is 1.67. The molecule has 5 heterocycles. The minimum Gasteiger partial charge on any atom is -0.494 e. The first kappa shape index (κ1) is 38.1. The van der Waals surface area contributed by atoms with E-state index in [0.717, 1.165) is 110 Å². The molecule has 2 N–H and O–H groups in total. The molecule has 2 aliphatic heterocycles. The van der Waals surface area contributed by atoms with Gasteiger partial charge in [0.1, 0.15) is 11.5 Å². The summed E-state index contributed by atoms with van der Waals surface area (Å²) in [5.41, 5.74) is 18.2. The highest BCUT2D eigenvalue weighted by Crippen LogP contribution is 2.39. The second-order valence-corrected chi connectivity index (χ2v) is 15.6. The summed E-state index contributed by atoms with van der Waals surface area (Å²) in [6.07, 6.45) is 8.56. The fourth-order valence-electron chi connectivity index (χ4n) is 7.71. The number of alkyl halides is 2. The van der Waals surface area contributed by atoms with Gasteiger partial charge in [0.25, 0.3) is 0 Å². The molecular formula is C50H40I2N4O2. The number of rotatable bonds is 10. The zero-order valence-electron chi connectivity index (χ0n) is 32.2. The van der Waals surface area contributed by atoms with Crippen molar-refractivity contribution in [2.75, 3.05) is 13.2 Å². The zero-order chi connectivity index (χ0) is 39.6. The highest BCUT2D eigenvalue weighted by Gasteiger charge is 2.19. The van der Waals surface area contributed by atoms with Gasteiger partial charge in [-0.2, -0.15) is 0 Å². The Morgan fingerprint density at radius 2 is 0.672 bits per heavy atom. The Kier molecular flexibility index (Phi) is 11.0. The van der Waals surface area contributed by atoms with Crippen molar-refractivity contribution in [1.82, 2.24) is 19.9 Å². The molecular weight excluding hydrogens is 942 g/mol. The molecule has 8 heteroatoms. The van der Waals surface area contributed by atoms with Crippen LogP contribution in [0.5, 0.6) is 11.5 Å². The summed E-state index contributed by atoms with van der Waals surface area (Å²) in [7, 11) is 0. The van der Waals surface area contributed by atoms with E-state index < -0.39 is 0 Å². The molecule has 0 unspecified atom stereocenters. The number of hydrogen-bond donors (Lipinski definition) is 2. The molecule has 0 aliphatic carbocycles. The molecule has 8 bridgehead atoms. The third-order valence-corrected chi connectivity index (χ3v) is 12.2. The quantitative estimate of drug-likeness (QED) is 0.106. The zero-order valence-corrected chi connectivity index (χ0v) is 36.5. The number of aromatic amines is 2. The molecule has 0 amide bonds. The number of fused-ring (bicyclic) bond motifs is 8. The lowest BCUT2D eigenvalue weighted by atomic mass is 10.0. The van der Waals surface area contributed by atoms with Gasteiger partial charge in [-0.05, 0) is 120 Å². The van der Waals surface area contributed by atoms with Gasteiger partial charge in [0, 0.05) is 53.2 Å². The van der Waals surface area contributed by atoms with E-state index in [0.29, 0.717) is 13.2 Å². The number of halogens is 2. The standard InChI is InChI=1S/C50H40I2N4O2/c1-3-57-37-17-13-35(14-18-37)49-43-25-21-39(53-43)47(33-9-5-31(29-51)6-10-33)41-23-27-45(55-41)50(36-15-19-38(20-16-36)58-4-2)46-28-24-42(56-46)48(40-22-26-44(49)54-40)34-11-7-32(30-52)8-12-34/h5-28,53,56H,3-4,29-30H2,1-2H3. The number of ether oxygens (including phenoxy) is 2. The van der Waals surface area contributed by atoms with Crippen LogP contribution >= 0.6 is 45.2 Å². The summed E-state index contributed by atoms with van der Waals surface area (Å²) >= 11 is 4.83. The van der Waals surface area contributed by atoms with Crippen molar-refractivity contribution in [2.24, 2.45) is 0 Å². The molecule has 2 aliphatic rings. The monoisotopic (exact) mass is 982 g/mol. The molecule has 58 heavy (non-hydrogen) atoms.